The Morgan fingerprint density at radius 2 is 1.23 bits per heavy atom. The molecule has 0 fully saturated rings. The first-order valence-electron chi connectivity index (χ1n) is 8.98. The Labute approximate surface area is 191 Å². The normalized spacial score (nSPS) is 14.5. The van der Waals surface area contributed by atoms with Gasteiger partial charge in [0.25, 0.3) is 0 Å². The average Bonchev–Trinajstić information content (AvgIpc) is 2.76. The third-order valence-corrected chi connectivity index (χ3v) is 6.93. The van der Waals surface area contributed by atoms with Gasteiger partial charge < -0.3 is 0 Å². The molecule has 152 valence electrons. The molecule has 30 heavy (non-hydrogen) atoms. The minimum Gasteiger partial charge on any atom is -0.290 e. The van der Waals surface area contributed by atoms with Gasteiger partial charge in [0.2, 0.25) is 7.29 Å². The lowest BCUT2D eigenvalue weighted by Gasteiger charge is -2.12. The highest BCUT2D eigenvalue weighted by molar-refractivity contribution is 7.68. The van der Waals surface area contributed by atoms with E-state index < -0.39 is 7.29 Å². The molecule has 0 heterocycles. The van der Waals surface area contributed by atoms with Gasteiger partial charge >= 0.3 is 0 Å². The zero-order valence-electron chi connectivity index (χ0n) is 15.8. The molecule has 3 aromatic rings. The molecule has 0 saturated heterocycles. The maximum Gasteiger partial charge on any atom is 0.231 e. The molecule has 0 spiro atoms. The van der Waals surface area contributed by atoms with Gasteiger partial charge in [-0.2, -0.15) is 5.10 Å². The Morgan fingerprint density at radius 3 is 1.70 bits per heavy atom. The van der Waals surface area contributed by atoms with Gasteiger partial charge in [-0.25, -0.2) is 0 Å². The molecule has 1 N–H and O–H groups in total. The van der Waals surface area contributed by atoms with Crippen LogP contribution in [0.1, 0.15) is 16.7 Å². The second kappa shape index (κ2) is 10.7. The highest BCUT2D eigenvalue weighted by Crippen LogP contribution is 2.50. The third-order valence-electron chi connectivity index (χ3n) is 4.01. The number of hydrazone groups is 1. The molecule has 0 aliphatic carbocycles. The molecule has 0 radical (unpaired) electrons. The van der Waals surface area contributed by atoms with E-state index in [0.29, 0.717) is 15.1 Å². The molecule has 0 aliphatic rings. The number of nitrogens with zero attached hydrogens (tertiary/aromatic N) is 1. The van der Waals surface area contributed by atoms with Gasteiger partial charge in [-0.15, -0.1) is 0 Å². The molecule has 1 atom stereocenters. The number of rotatable bonds is 7. The van der Waals surface area contributed by atoms with Gasteiger partial charge in [0, 0.05) is 16.7 Å². The summed E-state index contributed by atoms with van der Waals surface area (Å²) < 4.78 is 13.7. The smallest absolute Gasteiger partial charge is 0.231 e. The van der Waals surface area contributed by atoms with Crippen molar-refractivity contribution in [3.63, 3.8) is 0 Å². The number of hydrogen-bond donors (Lipinski definition) is 1. The lowest BCUT2D eigenvalue weighted by molar-refractivity contribution is 0.579. The van der Waals surface area contributed by atoms with Gasteiger partial charge in [0.1, 0.15) is 0 Å². The molecule has 0 saturated carbocycles. The van der Waals surface area contributed by atoms with Crippen LogP contribution in [0.25, 0.3) is 10.1 Å². The summed E-state index contributed by atoms with van der Waals surface area (Å²) in [4.78, 5) is 0. The lowest BCUT2D eigenvalue weighted by Crippen LogP contribution is -2.00. The van der Waals surface area contributed by atoms with Crippen molar-refractivity contribution >= 4 is 58.4 Å². The van der Waals surface area contributed by atoms with Gasteiger partial charge in [0.05, 0.1) is 16.3 Å². The van der Waals surface area contributed by atoms with Crippen LogP contribution in [0.3, 0.4) is 0 Å². The fourth-order valence-electron chi connectivity index (χ4n) is 2.52. The van der Waals surface area contributed by atoms with Crippen molar-refractivity contribution in [2.75, 3.05) is 0 Å². The van der Waals surface area contributed by atoms with Crippen LogP contribution in [0.5, 0.6) is 0 Å². The van der Waals surface area contributed by atoms with E-state index in [1.54, 1.807) is 30.5 Å². The van der Waals surface area contributed by atoms with E-state index in [2.05, 4.69) is 10.3 Å². The van der Waals surface area contributed by atoms with Crippen LogP contribution in [0.4, 0.5) is 0 Å². The molecule has 3 nitrogen and oxygen atoms in total. The van der Waals surface area contributed by atoms with Crippen LogP contribution in [-0.2, 0) is 4.57 Å². The van der Waals surface area contributed by atoms with Crippen molar-refractivity contribution in [1.29, 1.82) is 0 Å². The van der Waals surface area contributed by atoms with Crippen molar-refractivity contribution < 1.29 is 4.57 Å². The fraction of sp³-hybridized carbons (Fsp3) is 0. The third kappa shape index (κ3) is 6.62. The zero-order chi connectivity index (χ0) is 21.4. The average molecular weight is 476 g/mol. The van der Waals surface area contributed by atoms with E-state index in [1.165, 1.54) is 11.6 Å². The predicted octanol–water partition coefficient (Wildman–Crippen LogP) is 8.02. The standard InChI is InChI=1S/C23H18Cl3N2OP/c24-21-13-11-18(12-14-21)15-27-28-30(29,16-22(25)19-7-3-1-4-8-19)17-23(26)20-9-5-2-6-10-20/h1-17H,(H,28,29)/b22-16+,23-17?,27-15+. The number of halogens is 3. The second-order valence-electron chi connectivity index (χ2n) is 6.31. The molecule has 0 aliphatic heterocycles. The Balaban J connectivity index is 1.93. The van der Waals surface area contributed by atoms with E-state index in [4.69, 9.17) is 34.8 Å². The quantitative estimate of drug-likeness (QED) is 0.213. The minimum atomic E-state index is -3.37. The summed E-state index contributed by atoms with van der Waals surface area (Å²) in [6.45, 7) is 0. The van der Waals surface area contributed by atoms with Crippen LogP contribution < -0.4 is 5.20 Å². The number of benzene rings is 3. The highest BCUT2D eigenvalue weighted by atomic mass is 35.5. The maximum absolute atomic E-state index is 13.7. The first-order valence-corrected chi connectivity index (χ1v) is 12.0. The first kappa shape index (κ1) is 22.4. The second-order valence-corrected chi connectivity index (χ2v) is 9.69. The van der Waals surface area contributed by atoms with E-state index in [1.807, 2.05) is 60.7 Å². The van der Waals surface area contributed by atoms with E-state index in [0.717, 1.165) is 16.7 Å². The van der Waals surface area contributed by atoms with Gasteiger partial charge in [-0.05, 0) is 28.8 Å². The summed E-state index contributed by atoms with van der Waals surface area (Å²) in [5.41, 5.74) is 2.29. The van der Waals surface area contributed by atoms with Gasteiger partial charge in [-0.3, -0.25) is 9.76 Å². The van der Waals surface area contributed by atoms with Crippen molar-refractivity contribution in [1.82, 2.24) is 5.20 Å². The molecule has 3 aromatic carbocycles. The largest absolute Gasteiger partial charge is 0.290 e. The summed E-state index contributed by atoms with van der Waals surface area (Å²) in [6.07, 6.45) is 1.55. The van der Waals surface area contributed by atoms with Gasteiger partial charge in [-0.1, -0.05) is 108 Å². The Kier molecular flexibility index (Phi) is 7.95. The van der Waals surface area contributed by atoms with E-state index in [-0.39, 0.29) is 0 Å². The van der Waals surface area contributed by atoms with Crippen molar-refractivity contribution in [2.45, 2.75) is 0 Å². The lowest BCUT2D eigenvalue weighted by atomic mass is 10.2. The molecule has 0 bridgehead atoms. The van der Waals surface area contributed by atoms with Crippen LogP contribution in [0.15, 0.2) is 102 Å². The SMILES string of the molecule is O=P(C=C(Cl)c1ccccc1)(/C=C(/Cl)c1ccccc1)N/N=C/c1ccc(Cl)cc1. The number of hydrogen-bond acceptors (Lipinski definition) is 2. The van der Waals surface area contributed by atoms with Crippen LogP contribution in [-0.4, -0.2) is 6.21 Å². The Bertz CT molecular complexity index is 1050. The van der Waals surface area contributed by atoms with E-state index >= 15 is 0 Å². The number of nitrogens with one attached hydrogen (secondary N) is 1. The summed E-state index contributed by atoms with van der Waals surface area (Å²) in [5.74, 6) is 2.91. The zero-order valence-corrected chi connectivity index (χ0v) is 18.9. The summed E-state index contributed by atoms with van der Waals surface area (Å²) >= 11 is 18.8. The molecular weight excluding hydrogens is 458 g/mol. The van der Waals surface area contributed by atoms with Crippen LogP contribution in [0.2, 0.25) is 5.02 Å². The summed E-state index contributed by atoms with van der Waals surface area (Å²) in [7, 11) is -3.37. The fourth-order valence-corrected chi connectivity index (χ4v) is 5.17. The molecule has 3 rings (SSSR count). The summed E-state index contributed by atoms with van der Waals surface area (Å²) in [5, 5.41) is 8.18. The first-order chi connectivity index (χ1) is 14.5. The Morgan fingerprint density at radius 1 is 0.767 bits per heavy atom. The molecule has 7 heteroatoms. The predicted molar refractivity (Wildman–Crippen MR) is 130 cm³/mol. The molecule has 0 amide bonds. The maximum atomic E-state index is 13.7. The topological polar surface area (TPSA) is 41.5 Å². The van der Waals surface area contributed by atoms with Gasteiger partial charge in [0.15, 0.2) is 0 Å². The highest BCUT2D eigenvalue weighted by Gasteiger charge is 2.18. The molecule has 0 aromatic heterocycles. The Hall–Kier alpha value is -2.29. The van der Waals surface area contributed by atoms with Crippen molar-refractivity contribution in [2.24, 2.45) is 5.10 Å². The van der Waals surface area contributed by atoms with E-state index in [9.17, 15) is 4.57 Å². The van der Waals surface area contributed by atoms with Crippen LogP contribution in [0, 0.1) is 0 Å². The van der Waals surface area contributed by atoms with Crippen molar-refractivity contribution in [3.05, 3.63) is 118 Å². The monoisotopic (exact) mass is 474 g/mol. The molecule has 1 unspecified atom stereocenters. The van der Waals surface area contributed by atoms with Crippen molar-refractivity contribution in [3.8, 4) is 0 Å². The van der Waals surface area contributed by atoms with Crippen LogP contribution >= 0.6 is 42.1 Å². The summed E-state index contributed by atoms with van der Waals surface area (Å²) in [6, 6.07) is 25.6. The minimum absolute atomic E-state index is 0.335. The molecular formula is C23H18Cl3N2OP.